The molecule has 5 heteroatoms. The average molecular weight is 283 g/mol. The van der Waals surface area contributed by atoms with Crippen LogP contribution >= 0.6 is 0 Å². The van der Waals surface area contributed by atoms with Crippen molar-refractivity contribution >= 4 is 6.09 Å². The number of hydrogen-bond acceptors (Lipinski definition) is 4. The highest BCUT2D eigenvalue weighted by Crippen LogP contribution is 2.16. The molecule has 0 bridgehead atoms. The third kappa shape index (κ3) is 4.49. The van der Waals surface area contributed by atoms with Gasteiger partial charge in [-0.3, -0.25) is 0 Å². The maximum Gasteiger partial charge on any atom is 0.408 e. The molecule has 0 aromatic rings. The van der Waals surface area contributed by atoms with Crippen LogP contribution < -0.4 is 5.32 Å². The molecule has 2 rings (SSSR count). The molecule has 1 fully saturated rings. The third-order valence-electron chi connectivity index (χ3n) is 3.97. The van der Waals surface area contributed by atoms with Crippen molar-refractivity contribution in [1.82, 2.24) is 5.32 Å². The molecule has 20 heavy (non-hydrogen) atoms. The molecule has 5 nitrogen and oxygen atoms in total. The van der Waals surface area contributed by atoms with Crippen LogP contribution in [0.3, 0.4) is 0 Å². The molecule has 1 heterocycles. The lowest BCUT2D eigenvalue weighted by atomic mass is 10.0. The van der Waals surface area contributed by atoms with E-state index < -0.39 is 12.2 Å². The summed E-state index contributed by atoms with van der Waals surface area (Å²) in [6.07, 6.45) is 8.55. The van der Waals surface area contributed by atoms with Crippen molar-refractivity contribution in [2.75, 3.05) is 6.61 Å². The Balaban J connectivity index is 1.80. The second-order valence-electron chi connectivity index (χ2n) is 5.62. The van der Waals surface area contributed by atoms with E-state index in [-0.39, 0.29) is 18.2 Å². The summed E-state index contributed by atoms with van der Waals surface area (Å²) >= 11 is 0. The molecule has 1 aliphatic heterocycles. The zero-order valence-electron chi connectivity index (χ0n) is 12.1. The fourth-order valence-electron chi connectivity index (χ4n) is 2.68. The number of rotatable bonds is 2. The van der Waals surface area contributed by atoms with Crippen LogP contribution in [0.25, 0.3) is 0 Å². The molecule has 1 aliphatic carbocycles. The van der Waals surface area contributed by atoms with Gasteiger partial charge in [-0.1, -0.05) is 12.5 Å². The number of carbonyl (C=O) groups excluding carboxylic acids is 1. The first-order valence-corrected chi connectivity index (χ1v) is 7.60. The van der Waals surface area contributed by atoms with Gasteiger partial charge in [0.2, 0.25) is 0 Å². The molecule has 0 radical (unpaired) electrons. The van der Waals surface area contributed by atoms with Crippen LogP contribution in [-0.4, -0.2) is 42.2 Å². The maximum absolute atomic E-state index is 11.9. The number of amides is 1. The molecular formula is C15H25NO4. The summed E-state index contributed by atoms with van der Waals surface area (Å²) in [5.41, 5.74) is 0. The lowest BCUT2D eigenvalue weighted by Gasteiger charge is -2.33. The van der Waals surface area contributed by atoms with Crippen molar-refractivity contribution in [3.8, 4) is 0 Å². The van der Waals surface area contributed by atoms with E-state index in [1.54, 1.807) is 6.92 Å². The Labute approximate surface area is 120 Å². The van der Waals surface area contributed by atoms with E-state index in [2.05, 4.69) is 11.4 Å². The second kappa shape index (κ2) is 7.64. The first-order valence-electron chi connectivity index (χ1n) is 7.60. The van der Waals surface area contributed by atoms with Gasteiger partial charge in [0.1, 0.15) is 12.2 Å². The van der Waals surface area contributed by atoms with Crippen LogP contribution in [0.15, 0.2) is 12.2 Å². The van der Waals surface area contributed by atoms with E-state index in [0.717, 1.165) is 19.3 Å². The van der Waals surface area contributed by atoms with Crippen LogP contribution in [0, 0.1) is 0 Å². The van der Waals surface area contributed by atoms with Crippen molar-refractivity contribution in [1.29, 1.82) is 0 Å². The van der Waals surface area contributed by atoms with Crippen molar-refractivity contribution in [3.05, 3.63) is 12.2 Å². The predicted octanol–water partition coefficient (Wildman–Crippen LogP) is 2.14. The van der Waals surface area contributed by atoms with E-state index in [0.29, 0.717) is 13.0 Å². The molecular weight excluding hydrogens is 258 g/mol. The molecule has 1 saturated heterocycles. The molecule has 0 spiro atoms. The summed E-state index contributed by atoms with van der Waals surface area (Å²) < 4.78 is 10.8. The van der Waals surface area contributed by atoms with Gasteiger partial charge in [-0.05, 0) is 45.1 Å². The van der Waals surface area contributed by atoms with Gasteiger partial charge in [-0.15, -0.1) is 0 Å². The number of alkyl carbamates (subject to hydrolysis) is 1. The molecule has 114 valence electrons. The van der Waals surface area contributed by atoms with Gasteiger partial charge in [0.15, 0.2) is 0 Å². The van der Waals surface area contributed by atoms with Crippen molar-refractivity contribution < 1.29 is 19.4 Å². The smallest absolute Gasteiger partial charge is 0.408 e. The van der Waals surface area contributed by atoms with Crippen molar-refractivity contribution in [2.45, 2.75) is 69.8 Å². The Morgan fingerprint density at radius 2 is 2.20 bits per heavy atom. The number of ether oxygens (including phenoxy) is 2. The van der Waals surface area contributed by atoms with Gasteiger partial charge in [0, 0.05) is 6.61 Å². The Morgan fingerprint density at radius 3 is 3.05 bits per heavy atom. The summed E-state index contributed by atoms with van der Waals surface area (Å²) in [6, 6.07) is -0.288. The summed E-state index contributed by atoms with van der Waals surface area (Å²) in [5, 5.41) is 12.7. The number of allylic oxidation sites excluding steroid dienone is 1. The Bertz CT molecular complexity index is 345. The quantitative estimate of drug-likeness (QED) is 0.762. The van der Waals surface area contributed by atoms with Gasteiger partial charge in [0.25, 0.3) is 0 Å². The fourth-order valence-corrected chi connectivity index (χ4v) is 2.68. The fraction of sp³-hybridized carbons (Fsp3) is 0.800. The molecule has 0 aromatic heterocycles. The van der Waals surface area contributed by atoms with E-state index in [1.807, 2.05) is 6.08 Å². The lowest BCUT2D eigenvalue weighted by Crippen LogP contribution is -2.52. The molecule has 4 atom stereocenters. The zero-order valence-corrected chi connectivity index (χ0v) is 12.1. The van der Waals surface area contributed by atoms with Gasteiger partial charge in [-0.2, -0.15) is 0 Å². The van der Waals surface area contributed by atoms with Crippen LogP contribution in [-0.2, 0) is 9.47 Å². The monoisotopic (exact) mass is 283 g/mol. The summed E-state index contributed by atoms with van der Waals surface area (Å²) in [5.74, 6) is 0. The summed E-state index contributed by atoms with van der Waals surface area (Å²) in [6.45, 7) is 2.36. The number of hydrogen-bond donors (Lipinski definition) is 2. The van der Waals surface area contributed by atoms with Gasteiger partial charge < -0.3 is 19.9 Å². The molecule has 1 amide bonds. The van der Waals surface area contributed by atoms with Crippen LogP contribution in [0.1, 0.15) is 45.4 Å². The van der Waals surface area contributed by atoms with E-state index in [9.17, 15) is 9.90 Å². The number of aliphatic hydroxyl groups excluding tert-OH is 1. The van der Waals surface area contributed by atoms with Gasteiger partial charge >= 0.3 is 6.09 Å². The minimum Gasteiger partial charge on any atom is -0.442 e. The minimum absolute atomic E-state index is 0.148. The Hall–Kier alpha value is -1.07. The summed E-state index contributed by atoms with van der Waals surface area (Å²) in [4.78, 5) is 11.9. The summed E-state index contributed by atoms with van der Waals surface area (Å²) in [7, 11) is 0. The number of aliphatic hydroxyl groups is 1. The van der Waals surface area contributed by atoms with Crippen molar-refractivity contribution in [3.63, 3.8) is 0 Å². The minimum atomic E-state index is -0.677. The highest BCUT2D eigenvalue weighted by molar-refractivity contribution is 5.68. The molecule has 4 unspecified atom stereocenters. The molecule has 2 aliphatic rings. The maximum atomic E-state index is 11.9. The third-order valence-corrected chi connectivity index (χ3v) is 3.97. The van der Waals surface area contributed by atoms with Crippen molar-refractivity contribution in [2.24, 2.45) is 0 Å². The number of nitrogens with one attached hydrogen (secondary N) is 1. The first-order chi connectivity index (χ1) is 9.66. The Morgan fingerprint density at radius 1 is 1.35 bits per heavy atom. The van der Waals surface area contributed by atoms with E-state index in [1.165, 1.54) is 12.8 Å². The van der Waals surface area contributed by atoms with E-state index in [4.69, 9.17) is 9.47 Å². The zero-order chi connectivity index (χ0) is 14.4. The standard InChI is InChI=1S/C15H25NO4/c1-11-14(17)13(9-10-19-11)16-15(18)20-12-7-5-3-2-4-6-8-12/h5,7,11-14,17H,2-4,6,8-10H2,1H3,(H,16,18)/b7-5+. The average Bonchev–Trinajstić information content (AvgIpc) is 2.38. The second-order valence-corrected chi connectivity index (χ2v) is 5.62. The SMILES string of the molecule is CC1OCCC(NC(=O)OC2/C=C/CCCCC2)C1O. The normalized spacial score (nSPS) is 36.5. The highest BCUT2D eigenvalue weighted by atomic mass is 16.6. The number of carbonyl (C=O) groups is 1. The van der Waals surface area contributed by atoms with Gasteiger partial charge in [0.05, 0.1) is 12.1 Å². The molecule has 2 N–H and O–H groups in total. The van der Waals surface area contributed by atoms with Gasteiger partial charge in [-0.25, -0.2) is 4.79 Å². The van der Waals surface area contributed by atoms with Crippen LogP contribution in [0.4, 0.5) is 4.79 Å². The van der Waals surface area contributed by atoms with Crippen LogP contribution in [0.2, 0.25) is 0 Å². The largest absolute Gasteiger partial charge is 0.442 e. The first kappa shape index (κ1) is 15.3. The lowest BCUT2D eigenvalue weighted by molar-refractivity contribution is -0.0807. The van der Waals surface area contributed by atoms with E-state index >= 15 is 0 Å². The highest BCUT2D eigenvalue weighted by Gasteiger charge is 2.31. The molecule has 0 saturated carbocycles. The predicted molar refractivity (Wildman–Crippen MR) is 75.5 cm³/mol. The molecule has 0 aromatic carbocycles. The Kier molecular flexibility index (Phi) is 5.86. The van der Waals surface area contributed by atoms with Crippen LogP contribution in [0.5, 0.6) is 0 Å². The topological polar surface area (TPSA) is 67.8 Å².